The Kier molecular flexibility index (Phi) is 12.7. The topological polar surface area (TPSA) is 29.5 Å². The maximum Gasteiger partial charge on any atom is 0.119 e. The first kappa shape index (κ1) is 20.0. The van der Waals surface area contributed by atoms with Gasteiger partial charge in [0.05, 0.1) is 6.61 Å². The molecule has 1 rings (SSSR count). The summed E-state index contributed by atoms with van der Waals surface area (Å²) in [5, 5.41) is 8.73. The van der Waals surface area contributed by atoms with Crippen LogP contribution in [0.5, 0.6) is 5.75 Å². The van der Waals surface area contributed by atoms with E-state index in [1.165, 1.54) is 76.2 Å². The normalized spacial score (nSPS) is 10.9. The van der Waals surface area contributed by atoms with Gasteiger partial charge in [-0.25, -0.2) is 0 Å². The lowest BCUT2D eigenvalue weighted by atomic mass is 10.0. The molecule has 0 amide bonds. The standard InChI is InChI=1S/C21H36O2/c1-2-3-4-5-6-7-8-9-10-11-12-13-20-14-16-21(17-15-20)23-19-18-22/h14-17,22H,2-13,18-19H2,1H3. The minimum Gasteiger partial charge on any atom is -0.491 e. The SMILES string of the molecule is CCCCCCCCCCCCCc1ccc(OCCO)cc1. The van der Waals surface area contributed by atoms with Gasteiger partial charge < -0.3 is 9.84 Å². The van der Waals surface area contributed by atoms with Gasteiger partial charge in [-0.2, -0.15) is 0 Å². The zero-order valence-electron chi connectivity index (χ0n) is 15.1. The number of benzene rings is 1. The van der Waals surface area contributed by atoms with E-state index in [4.69, 9.17) is 9.84 Å². The number of hydrogen-bond acceptors (Lipinski definition) is 2. The number of unbranched alkanes of at least 4 members (excludes halogenated alkanes) is 10. The van der Waals surface area contributed by atoms with Gasteiger partial charge in [0, 0.05) is 0 Å². The second kappa shape index (κ2) is 14.6. The van der Waals surface area contributed by atoms with Crippen LogP contribution in [0.4, 0.5) is 0 Å². The highest BCUT2D eigenvalue weighted by Gasteiger charge is 1.97. The molecule has 0 radical (unpaired) electrons. The average molecular weight is 321 g/mol. The Balaban J connectivity index is 1.92. The quantitative estimate of drug-likeness (QED) is 0.407. The second-order valence-electron chi connectivity index (χ2n) is 6.50. The summed E-state index contributed by atoms with van der Waals surface area (Å²) in [7, 11) is 0. The van der Waals surface area contributed by atoms with Crippen LogP contribution in [0, 0.1) is 0 Å². The maximum atomic E-state index is 8.73. The molecule has 0 aliphatic carbocycles. The van der Waals surface area contributed by atoms with Gasteiger partial charge in [-0.3, -0.25) is 0 Å². The molecule has 0 fully saturated rings. The Morgan fingerprint density at radius 3 is 1.78 bits per heavy atom. The minimum absolute atomic E-state index is 0.0699. The predicted molar refractivity (Wildman–Crippen MR) is 99.2 cm³/mol. The van der Waals surface area contributed by atoms with E-state index in [2.05, 4.69) is 19.1 Å². The van der Waals surface area contributed by atoms with Crippen molar-refractivity contribution in [1.82, 2.24) is 0 Å². The Labute approximate surface area is 143 Å². The molecule has 1 aromatic rings. The van der Waals surface area contributed by atoms with E-state index in [0.717, 1.165) is 12.2 Å². The smallest absolute Gasteiger partial charge is 0.119 e. The molecule has 0 aliphatic rings. The number of aliphatic hydroxyl groups excluding tert-OH is 1. The highest BCUT2D eigenvalue weighted by atomic mass is 16.5. The summed E-state index contributed by atoms with van der Waals surface area (Å²) in [6, 6.07) is 8.29. The van der Waals surface area contributed by atoms with Crippen LogP contribution in [-0.4, -0.2) is 18.3 Å². The molecule has 0 aromatic heterocycles. The van der Waals surface area contributed by atoms with Gasteiger partial charge in [-0.05, 0) is 30.5 Å². The molecule has 0 unspecified atom stereocenters. The van der Waals surface area contributed by atoms with Gasteiger partial charge in [0.1, 0.15) is 12.4 Å². The molecule has 0 saturated carbocycles. The molecule has 2 nitrogen and oxygen atoms in total. The van der Waals surface area contributed by atoms with Crippen molar-refractivity contribution in [2.24, 2.45) is 0 Å². The third-order valence-electron chi connectivity index (χ3n) is 4.35. The summed E-state index contributed by atoms with van der Waals surface area (Å²) < 4.78 is 5.37. The van der Waals surface area contributed by atoms with Crippen LogP contribution >= 0.6 is 0 Å². The zero-order chi connectivity index (χ0) is 16.6. The minimum atomic E-state index is 0.0699. The predicted octanol–water partition coefficient (Wildman–Crippen LogP) is 5.91. The third-order valence-corrected chi connectivity index (χ3v) is 4.35. The third kappa shape index (κ3) is 11.2. The van der Waals surface area contributed by atoms with Crippen LogP contribution in [0.15, 0.2) is 24.3 Å². The Morgan fingerprint density at radius 1 is 0.739 bits per heavy atom. The molecule has 0 spiro atoms. The molecule has 0 atom stereocenters. The van der Waals surface area contributed by atoms with E-state index in [-0.39, 0.29) is 6.61 Å². The fraction of sp³-hybridized carbons (Fsp3) is 0.714. The van der Waals surface area contributed by atoms with Gasteiger partial charge in [0.25, 0.3) is 0 Å². The van der Waals surface area contributed by atoms with Crippen LogP contribution in [0.25, 0.3) is 0 Å². The van der Waals surface area contributed by atoms with Crippen LogP contribution in [-0.2, 0) is 6.42 Å². The fourth-order valence-electron chi connectivity index (χ4n) is 2.91. The summed E-state index contributed by atoms with van der Waals surface area (Å²) in [4.78, 5) is 0. The van der Waals surface area contributed by atoms with Crippen LogP contribution < -0.4 is 4.74 Å². The molecule has 0 bridgehead atoms. The second-order valence-corrected chi connectivity index (χ2v) is 6.50. The fourth-order valence-corrected chi connectivity index (χ4v) is 2.91. The van der Waals surface area contributed by atoms with Crippen molar-refractivity contribution in [1.29, 1.82) is 0 Å². The van der Waals surface area contributed by atoms with Gasteiger partial charge in [0.15, 0.2) is 0 Å². The Morgan fingerprint density at radius 2 is 1.26 bits per heavy atom. The van der Waals surface area contributed by atoms with Crippen molar-refractivity contribution in [3.05, 3.63) is 29.8 Å². The molecule has 1 aromatic carbocycles. The van der Waals surface area contributed by atoms with E-state index in [1.54, 1.807) is 0 Å². The molecule has 0 aliphatic heterocycles. The van der Waals surface area contributed by atoms with E-state index in [0.29, 0.717) is 6.61 Å². The highest BCUT2D eigenvalue weighted by Crippen LogP contribution is 2.15. The van der Waals surface area contributed by atoms with Crippen molar-refractivity contribution < 1.29 is 9.84 Å². The van der Waals surface area contributed by atoms with Crippen LogP contribution in [0.3, 0.4) is 0 Å². The number of aliphatic hydroxyl groups is 1. The molecular formula is C21H36O2. The van der Waals surface area contributed by atoms with E-state index < -0.39 is 0 Å². The highest BCUT2D eigenvalue weighted by molar-refractivity contribution is 5.27. The van der Waals surface area contributed by atoms with E-state index in [1.807, 2.05) is 12.1 Å². The lowest BCUT2D eigenvalue weighted by Crippen LogP contribution is -2.01. The lowest BCUT2D eigenvalue weighted by Gasteiger charge is -2.06. The van der Waals surface area contributed by atoms with Crippen LogP contribution in [0.2, 0.25) is 0 Å². The summed E-state index contributed by atoms with van der Waals surface area (Å²) >= 11 is 0. The number of ether oxygens (including phenoxy) is 1. The van der Waals surface area contributed by atoms with E-state index in [9.17, 15) is 0 Å². The van der Waals surface area contributed by atoms with Crippen molar-refractivity contribution in [3.8, 4) is 5.75 Å². The van der Waals surface area contributed by atoms with Crippen molar-refractivity contribution in [2.45, 2.75) is 84.0 Å². The summed E-state index contributed by atoms with van der Waals surface area (Å²) in [5.41, 5.74) is 1.39. The van der Waals surface area contributed by atoms with Crippen molar-refractivity contribution in [3.63, 3.8) is 0 Å². The first-order valence-electron chi connectivity index (χ1n) is 9.69. The Bertz CT molecular complexity index is 359. The molecule has 0 saturated heterocycles. The molecule has 132 valence electrons. The first-order valence-corrected chi connectivity index (χ1v) is 9.69. The number of aryl methyl sites for hydroxylation is 1. The van der Waals surface area contributed by atoms with Gasteiger partial charge >= 0.3 is 0 Å². The van der Waals surface area contributed by atoms with Crippen molar-refractivity contribution in [2.75, 3.05) is 13.2 Å². The summed E-state index contributed by atoms with van der Waals surface area (Å²) in [5.74, 6) is 0.849. The van der Waals surface area contributed by atoms with Gasteiger partial charge in [0.2, 0.25) is 0 Å². The molecule has 1 N–H and O–H groups in total. The zero-order valence-corrected chi connectivity index (χ0v) is 15.1. The Hall–Kier alpha value is -1.02. The maximum absolute atomic E-state index is 8.73. The van der Waals surface area contributed by atoms with Gasteiger partial charge in [-0.15, -0.1) is 0 Å². The number of hydrogen-bond donors (Lipinski definition) is 1. The first-order chi connectivity index (χ1) is 11.4. The van der Waals surface area contributed by atoms with Gasteiger partial charge in [-0.1, -0.05) is 83.3 Å². The lowest BCUT2D eigenvalue weighted by molar-refractivity contribution is 0.201. The summed E-state index contributed by atoms with van der Waals surface area (Å²) in [6.45, 7) is 2.72. The number of rotatable bonds is 15. The molecule has 2 heteroatoms. The average Bonchev–Trinajstić information content (AvgIpc) is 2.59. The molecular weight excluding hydrogens is 284 g/mol. The largest absolute Gasteiger partial charge is 0.491 e. The van der Waals surface area contributed by atoms with Crippen LogP contribution in [0.1, 0.15) is 83.1 Å². The van der Waals surface area contributed by atoms with E-state index >= 15 is 0 Å². The monoisotopic (exact) mass is 320 g/mol. The summed E-state index contributed by atoms with van der Waals surface area (Å²) in [6.07, 6.45) is 16.5. The molecule has 0 heterocycles. The van der Waals surface area contributed by atoms with Crippen molar-refractivity contribution >= 4 is 0 Å². The molecule has 23 heavy (non-hydrogen) atoms.